The van der Waals surface area contributed by atoms with Crippen molar-refractivity contribution in [2.75, 3.05) is 13.1 Å². The average Bonchev–Trinajstić information content (AvgIpc) is 3.26. The van der Waals surface area contributed by atoms with Crippen molar-refractivity contribution in [1.82, 2.24) is 14.5 Å². The standard InChI is InChI=1S/C21H23N3O/c1-23-19-10-6-5-9-18(19)22-20(23)11-12-21(25)24-14-13-17(15-24)16-7-3-2-4-8-16/h2-10,17H,11-15H2,1H3. The van der Waals surface area contributed by atoms with Crippen molar-refractivity contribution in [3.8, 4) is 0 Å². The molecule has 0 bridgehead atoms. The maximum absolute atomic E-state index is 12.6. The van der Waals surface area contributed by atoms with Crippen molar-refractivity contribution in [3.05, 3.63) is 66.0 Å². The fourth-order valence-electron chi connectivity index (χ4n) is 3.78. The zero-order valence-corrected chi connectivity index (χ0v) is 14.6. The molecule has 128 valence electrons. The minimum Gasteiger partial charge on any atom is -0.342 e. The Bertz CT molecular complexity index is 885. The van der Waals surface area contributed by atoms with E-state index in [1.807, 2.05) is 36.2 Å². The van der Waals surface area contributed by atoms with Gasteiger partial charge in [0.1, 0.15) is 5.82 Å². The Labute approximate surface area is 148 Å². The monoisotopic (exact) mass is 333 g/mol. The number of likely N-dealkylation sites (tertiary alicyclic amines) is 1. The Morgan fingerprint density at radius 2 is 1.88 bits per heavy atom. The summed E-state index contributed by atoms with van der Waals surface area (Å²) < 4.78 is 2.10. The second-order valence-corrected chi connectivity index (χ2v) is 6.81. The molecule has 0 N–H and O–H groups in total. The molecule has 1 saturated heterocycles. The van der Waals surface area contributed by atoms with Gasteiger partial charge in [0.05, 0.1) is 11.0 Å². The summed E-state index contributed by atoms with van der Waals surface area (Å²) in [6, 6.07) is 18.6. The van der Waals surface area contributed by atoms with Crippen LogP contribution >= 0.6 is 0 Å². The predicted octanol–water partition coefficient (Wildman–Crippen LogP) is 3.52. The van der Waals surface area contributed by atoms with Gasteiger partial charge in [-0.1, -0.05) is 42.5 Å². The molecule has 4 rings (SSSR count). The van der Waals surface area contributed by atoms with Crippen LogP contribution in [0.4, 0.5) is 0 Å². The van der Waals surface area contributed by atoms with Gasteiger partial charge in [0, 0.05) is 38.9 Å². The summed E-state index contributed by atoms with van der Waals surface area (Å²) in [7, 11) is 2.02. The number of aryl methyl sites for hydroxylation is 2. The first-order valence-corrected chi connectivity index (χ1v) is 8.95. The number of nitrogens with zero attached hydrogens (tertiary/aromatic N) is 3. The highest BCUT2D eigenvalue weighted by molar-refractivity contribution is 5.78. The SMILES string of the molecule is Cn1c(CCC(=O)N2CCC(c3ccccc3)C2)nc2ccccc21. The fraction of sp³-hybridized carbons (Fsp3) is 0.333. The quantitative estimate of drug-likeness (QED) is 0.733. The molecule has 0 saturated carbocycles. The average molecular weight is 333 g/mol. The minimum absolute atomic E-state index is 0.241. The van der Waals surface area contributed by atoms with E-state index >= 15 is 0 Å². The summed E-state index contributed by atoms with van der Waals surface area (Å²) >= 11 is 0. The number of para-hydroxylation sites is 2. The van der Waals surface area contributed by atoms with Gasteiger partial charge in [0.25, 0.3) is 0 Å². The number of hydrogen-bond acceptors (Lipinski definition) is 2. The number of rotatable bonds is 4. The summed E-state index contributed by atoms with van der Waals surface area (Å²) in [5.74, 6) is 1.69. The van der Waals surface area contributed by atoms with Crippen molar-refractivity contribution >= 4 is 16.9 Å². The number of amides is 1. The first-order valence-electron chi connectivity index (χ1n) is 8.95. The van der Waals surface area contributed by atoms with Crippen LogP contribution in [0.1, 0.15) is 30.1 Å². The molecular weight excluding hydrogens is 310 g/mol. The van der Waals surface area contributed by atoms with E-state index in [1.54, 1.807) is 0 Å². The van der Waals surface area contributed by atoms with Crippen LogP contribution in [0.3, 0.4) is 0 Å². The summed E-state index contributed by atoms with van der Waals surface area (Å²) in [4.78, 5) is 19.3. The topological polar surface area (TPSA) is 38.1 Å². The van der Waals surface area contributed by atoms with Gasteiger partial charge in [-0.3, -0.25) is 4.79 Å². The molecule has 1 unspecified atom stereocenters. The van der Waals surface area contributed by atoms with E-state index in [0.717, 1.165) is 36.4 Å². The highest BCUT2D eigenvalue weighted by atomic mass is 16.2. The highest BCUT2D eigenvalue weighted by Gasteiger charge is 2.27. The molecule has 0 spiro atoms. The van der Waals surface area contributed by atoms with E-state index in [9.17, 15) is 4.79 Å². The van der Waals surface area contributed by atoms with Crippen LogP contribution in [0.25, 0.3) is 11.0 Å². The Balaban J connectivity index is 1.38. The molecule has 1 aromatic heterocycles. The van der Waals surface area contributed by atoms with E-state index in [1.165, 1.54) is 5.56 Å². The van der Waals surface area contributed by atoms with E-state index in [2.05, 4.69) is 39.9 Å². The van der Waals surface area contributed by atoms with Gasteiger partial charge in [0.2, 0.25) is 5.91 Å². The Hall–Kier alpha value is -2.62. The number of fused-ring (bicyclic) bond motifs is 1. The van der Waals surface area contributed by atoms with Crippen LogP contribution in [0.2, 0.25) is 0 Å². The first-order chi connectivity index (χ1) is 12.2. The smallest absolute Gasteiger partial charge is 0.223 e. The molecule has 1 atom stereocenters. The summed E-state index contributed by atoms with van der Waals surface area (Å²) in [6.45, 7) is 1.70. The van der Waals surface area contributed by atoms with Crippen LogP contribution < -0.4 is 0 Å². The molecule has 4 nitrogen and oxygen atoms in total. The molecule has 25 heavy (non-hydrogen) atoms. The molecular formula is C21H23N3O. The molecule has 0 aliphatic carbocycles. The van der Waals surface area contributed by atoms with Crippen LogP contribution in [0, 0.1) is 0 Å². The maximum Gasteiger partial charge on any atom is 0.223 e. The number of imidazole rings is 1. The third-order valence-electron chi connectivity index (χ3n) is 5.25. The van der Waals surface area contributed by atoms with Gasteiger partial charge in [-0.05, 0) is 24.1 Å². The van der Waals surface area contributed by atoms with Crippen LogP contribution in [-0.2, 0) is 18.3 Å². The van der Waals surface area contributed by atoms with Crippen molar-refractivity contribution in [1.29, 1.82) is 0 Å². The van der Waals surface area contributed by atoms with Gasteiger partial charge < -0.3 is 9.47 Å². The first kappa shape index (κ1) is 15.9. The van der Waals surface area contributed by atoms with Crippen LogP contribution in [0.5, 0.6) is 0 Å². The number of aromatic nitrogens is 2. The van der Waals surface area contributed by atoms with Gasteiger partial charge >= 0.3 is 0 Å². The lowest BCUT2D eigenvalue weighted by Gasteiger charge is -2.16. The van der Waals surface area contributed by atoms with Crippen molar-refractivity contribution in [2.45, 2.75) is 25.2 Å². The molecule has 4 heteroatoms. The molecule has 1 amide bonds. The Morgan fingerprint density at radius 3 is 2.68 bits per heavy atom. The summed E-state index contributed by atoms with van der Waals surface area (Å²) in [5.41, 5.74) is 3.46. The van der Waals surface area contributed by atoms with E-state index in [-0.39, 0.29) is 5.91 Å². The number of carbonyl (C=O) groups is 1. The van der Waals surface area contributed by atoms with E-state index in [4.69, 9.17) is 0 Å². The number of benzene rings is 2. The van der Waals surface area contributed by atoms with Crippen LogP contribution in [0.15, 0.2) is 54.6 Å². The zero-order valence-electron chi connectivity index (χ0n) is 14.6. The summed E-state index contributed by atoms with van der Waals surface area (Å²) in [5, 5.41) is 0. The molecule has 1 aliphatic rings. The van der Waals surface area contributed by atoms with Crippen molar-refractivity contribution in [2.24, 2.45) is 7.05 Å². The third kappa shape index (κ3) is 3.16. The lowest BCUT2D eigenvalue weighted by molar-refractivity contribution is -0.130. The molecule has 2 aromatic carbocycles. The van der Waals surface area contributed by atoms with E-state index in [0.29, 0.717) is 18.8 Å². The third-order valence-corrected chi connectivity index (χ3v) is 5.25. The van der Waals surface area contributed by atoms with Crippen LogP contribution in [-0.4, -0.2) is 33.4 Å². The maximum atomic E-state index is 12.6. The van der Waals surface area contributed by atoms with Gasteiger partial charge in [-0.2, -0.15) is 0 Å². The van der Waals surface area contributed by atoms with Crippen molar-refractivity contribution in [3.63, 3.8) is 0 Å². The largest absolute Gasteiger partial charge is 0.342 e. The predicted molar refractivity (Wildman–Crippen MR) is 99.4 cm³/mol. The summed E-state index contributed by atoms with van der Waals surface area (Å²) in [6.07, 6.45) is 2.28. The molecule has 0 radical (unpaired) electrons. The molecule has 1 fully saturated rings. The number of carbonyl (C=O) groups excluding carboxylic acids is 1. The minimum atomic E-state index is 0.241. The van der Waals surface area contributed by atoms with Gasteiger partial charge in [-0.15, -0.1) is 0 Å². The molecule has 2 heterocycles. The second-order valence-electron chi connectivity index (χ2n) is 6.81. The van der Waals surface area contributed by atoms with E-state index < -0.39 is 0 Å². The molecule has 3 aromatic rings. The van der Waals surface area contributed by atoms with Gasteiger partial charge in [0.15, 0.2) is 0 Å². The Kier molecular flexibility index (Phi) is 4.26. The lowest BCUT2D eigenvalue weighted by Crippen LogP contribution is -2.28. The lowest BCUT2D eigenvalue weighted by atomic mass is 9.99. The van der Waals surface area contributed by atoms with Crippen molar-refractivity contribution < 1.29 is 4.79 Å². The molecule has 1 aliphatic heterocycles. The zero-order chi connectivity index (χ0) is 17.2. The highest BCUT2D eigenvalue weighted by Crippen LogP contribution is 2.27. The number of hydrogen-bond donors (Lipinski definition) is 0. The second kappa shape index (κ2) is 6.71. The fourth-order valence-corrected chi connectivity index (χ4v) is 3.78. The normalized spacial score (nSPS) is 17.3. The Morgan fingerprint density at radius 1 is 1.12 bits per heavy atom. The van der Waals surface area contributed by atoms with Gasteiger partial charge in [-0.25, -0.2) is 4.98 Å².